The summed E-state index contributed by atoms with van der Waals surface area (Å²) in [5.74, 6) is 0.778. The van der Waals surface area contributed by atoms with Crippen LogP contribution in [-0.2, 0) is 22.4 Å². The molecule has 0 aliphatic heterocycles. The van der Waals surface area contributed by atoms with E-state index in [1.165, 1.54) is 22.3 Å². The summed E-state index contributed by atoms with van der Waals surface area (Å²) in [6.45, 7) is 7.06. The number of amides is 1. The fraction of sp³-hybridized carbons (Fsp3) is 0.417. The highest BCUT2D eigenvalue weighted by Gasteiger charge is 2.28. The Morgan fingerprint density at radius 3 is 2.70 bits per heavy atom. The van der Waals surface area contributed by atoms with Gasteiger partial charge in [0, 0.05) is 11.0 Å². The predicted molar refractivity (Wildman–Crippen MR) is 121 cm³/mol. The van der Waals surface area contributed by atoms with Gasteiger partial charge in [-0.05, 0) is 67.9 Å². The first-order chi connectivity index (χ1) is 14.5. The van der Waals surface area contributed by atoms with Gasteiger partial charge in [0.2, 0.25) is 5.91 Å². The molecule has 1 aromatic carbocycles. The molecule has 1 aliphatic carbocycles. The molecule has 1 heterocycles. The molecule has 3 rings (SSSR count). The minimum absolute atomic E-state index is 0.265. The number of hydrogen-bond donors (Lipinski definition) is 1. The van der Waals surface area contributed by atoms with Gasteiger partial charge in [0.05, 0.1) is 18.8 Å². The molecule has 0 saturated heterocycles. The molecule has 2 aromatic rings. The molecule has 0 bridgehead atoms. The van der Waals surface area contributed by atoms with E-state index < -0.39 is 0 Å². The molecule has 0 saturated carbocycles. The van der Waals surface area contributed by atoms with Crippen LogP contribution in [0.3, 0.4) is 0 Å². The standard InChI is InChI=1S/C24H29NO4S/c1-4-14-29-18-10-7-17(8-11-18)9-13-21(26)25-23-22(24(27)28-5-2)19-12-6-16(3)15-20(19)30-23/h7-11,13,16H,4-6,12,14-15H2,1-3H3,(H,25,26)/b13-9+/t16-/m1/s1. The average molecular weight is 428 g/mol. The molecule has 0 fully saturated rings. The van der Waals surface area contributed by atoms with Gasteiger partial charge in [-0.3, -0.25) is 4.79 Å². The summed E-state index contributed by atoms with van der Waals surface area (Å²) in [7, 11) is 0. The summed E-state index contributed by atoms with van der Waals surface area (Å²) >= 11 is 1.50. The number of hydrogen-bond acceptors (Lipinski definition) is 5. The predicted octanol–water partition coefficient (Wildman–Crippen LogP) is 5.49. The Morgan fingerprint density at radius 2 is 2.00 bits per heavy atom. The zero-order valence-corrected chi connectivity index (χ0v) is 18.6. The third-order valence-corrected chi connectivity index (χ3v) is 6.18. The third-order valence-electron chi connectivity index (χ3n) is 5.01. The van der Waals surface area contributed by atoms with Gasteiger partial charge in [0.25, 0.3) is 0 Å². The van der Waals surface area contributed by atoms with Crippen molar-refractivity contribution in [1.29, 1.82) is 0 Å². The molecule has 1 aromatic heterocycles. The van der Waals surface area contributed by atoms with E-state index in [4.69, 9.17) is 9.47 Å². The summed E-state index contributed by atoms with van der Waals surface area (Å²) in [6, 6.07) is 7.59. The maximum atomic E-state index is 12.6. The lowest BCUT2D eigenvalue weighted by molar-refractivity contribution is -0.111. The summed E-state index contributed by atoms with van der Waals surface area (Å²) in [5.41, 5.74) is 2.47. The van der Waals surface area contributed by atoms with Crippen molar-refractivity contribution in [2.75, 3.05) is 18.5 Å². The van der Waals surface area contributed by atoms with Crippen LogP contribution >= 0.6 is 11.3 Å². The van der Waals surface area contributed by atoms with Crippen LogP contribution in [-0.4, -0.2) is 25.1 Å². The van der Waals surface area contributed by atoms with Gasteiger partial charge < -0.3 is 14.8 Å². The molecule has 0 unspecified atom stereocenters. The lowest BCUT2D eigenvalue weighted by atomic mass is 9.88. The molecule has 0 radical (unpaired) electrons. The number of nitrogens with one attached hydrogen (secondary N) is 1. The lowest BCUT2D eigenvalue weighted by Gasteiger charge is -2.18. The van der Waals surface area contributed by atoms with Crippen LogP contribution in [0.2, 0.25) is 0 Å². The summed E-state index contributed by atoms with van der Waals surface area (Å²) in [6.07, 6.45) is 7.02. The number of carbonyl (C=O) groups is 2. The summed E-state index contributed by atoms with van der Waals surface area (Å²) < 4.78 is 10.8. The Hall–Kier alpha value is -2.60. The van der Waals surface area contributed by atoms with Crippen molar-refractivity contribution in [2.24, 2.45) is 5.92 Å². The van der Waals surface area contributed by atoms with E-state index in [0.717, 1.165) is 42.6 Å². The van der Waals surface area contributed by atoms with Crippen molar-refractivity contribution in [1.82, 2.24) is 0 Å². The second-order valence-corrected chi connectivity index (χ2v) is 8.62. The molecule has 5 nitrogen and oxygen atoms in total. The number of fused-ring (bicyclic) bond motifs is 1. The third kappa shape index (κ3) is 5.51. The van der Waals surface area contributed by atoms with E-state index in [1.54, 1.807) is 13.0 Å². The highest BCUT2D eigenvalue weighted by atomic mass is 32.1. The Bertz CT molecular complexity index is 914. The Labute approximate surface area is 182 Å². The second kappa shape index (κ2) is 10.4. The largest absolute Gasteiger partial charge is 0.494 e. The van der Waals surface area contributed by atoms with Gasteiger partial charge in [0.15, 0.2) is 0 Å². The van der Waals surface area contributed by atoms with Crippen molar-refractivity contribution in [3.05, 3.63) is 51.9 Å². The molecule has 6 heteroatoms. The molecule has 30 heavy (non-hydrogen) atoms. The molecule has 1 N–H and O–H groups in total. The molecule has 0 spiro atoms. The second-order valence-electron chi connectivity index (χ2n) is 7.52. The Balaban J connectivity index is 1.72. The summed E-state index contributed by atoms with van der Waals surface area (Å²) in [4.78, 5) is 26.3. The molecule has 1 aliphatic rings. The quantitative estimate of drug-likeness (QED) is 0.447. The normalized spacial score (nSPS) is 15.6. The van der Waals surface area contributed by atoms with Crippen molar-refractivity contribution in [3.63, 3.8) is 0 Å². The van der Waals surface area contributed by atoms with E-state index >= 15 is 0 Å². The van der Waals surface area contributed by atoms with E-state index in [2.05, 4.69) is 19.2 Å². The van der Waals surface area contributed by atoms with Crippen molar-refractivity contribution >= 4 is 34.3 Å². The van der Waals surface area contributed by atoms with Crippen molar-refractivity contribution < 1.29 is 19.1 Å². The molecule has 160 valence electrons. The molecule has 1 amide bonds. The zero-order chi connectivity index (χ0) is 21.5. The van der Waals surface area contributed by atoms with Crippen LogP contribution in [0, 0.1) is 5.92 Å². The number of ether oxygens (including phenoxy) is 2. The smallest absolute Gasteiger partial charge is 0.341 e. The maximum absolute atomic E-state index is 12.6. The molecular weight excluding hydrogens is 398 g/mol. The van der Waals surface area contributed by atoms with Crippen LogP contribution in [0.4, 0.5) is 5.00 Å². The monoisotopic (exact) mass is 427 g/mol. The van der Waals surface area contributed by atoms with Gasteiger partial charge in [-0.25, -0.2) is 4.79 Å². The Morgan fingerprint density at radius 1 is 1.23 bits per heavy atom. The number of esters is 1. The van der Waals surface area contributed by atoms with Crippen LogP contribution in [0.15, 0.2) is 30.3 Å². The van der Waals surface area contributed by atoms with E-state index in [-0.39, 0.29) is 11.9 Å². The van der Waals surface area contributed by atoms with Crippen molar-refractivity contribution in [3.8, 4) is 5.75 Å². The first-order valence-electron chi connectivity index (χ1n) is 10.5. The molecule has 1 atom stereocenters. The van der Waals surface area contributed by atoms with E-state index in [1.807, 2.05) is 24.3 Å². The lowest BCUT2D eigenvalue weighted by Crippen LogP contribution is -2.15. The van der Waals surface area contributed by atoms with Crippen molar-refractivity contribution in [2.45, 2.75) is 46.5 Å². The first kappa shape index (κ1) is 22.1. The van der Waals surface area contributed by atoms with Crippen LogP contribution in [0.25, 0.3) is 6.08 Å². The van der Waals surface area contributed by atoms with Gasteiger partial charge in [-0.1, -0.05) is 26.0 Å². The minimum atomic E-state index is -0.355. The zero-order valence-electron chi connectivity index (χ0n) is 17.8. The van der Waals surface area contributed by atoms with Crippen LogP contribution in [0.1, 0.15) is 60.0 Å². The number of anilines is 1. The fourth-order valence-electron chi connectivity index (χ4n) is 3.48. The highest BCUT2D eigenvalue weighted by Crippen LogP contribution is 2.40. The SMILES string of the molecule is CCCOc1ccc(/C=C/C(=O)Nc2sc3c(c2C(=O)OCC)CC[C@@H](C)C3)cc1. The number of carbonyl (C=O) groups excluding carboxylic acids is 2. The minimum Gasteiger partial charge on any atom is -0.494 e. The van der Waals surface area contributed by atoms with Gasteiger partial charge >= 0.3 is 5.97 Å². The number of thiophene rings is 1. The van der Waals surface area contributed by atoms with Gasteiger partial charge in [0.1, 0.15) is 10.8 Å². The van der Waals surface area contributed by atoms with Crippen LogP contribution in [0.5, 0.6) is 5.75 Å². The topological polar surface area (TPSA) is 64.6 Å². The van der Waals surface area contributed by atoms with Gasteiger partial charge in [-0.2, -0.15) is 0 Å². The van der Waals surface area contributed by atoms with E-state index in [0.29, 0.717) is 29.7 Å². The number of benzene rings is 1. The maximum Gasteiger partial charge on any atom is 0.341 e. The number of rotatable bonds is 8. The van der Waals surface area contributed by atoms with Gasteiger partial charge in [-0.15, -0.1) is 11.3 Å². The Kier molecular flexibility index (Phi) is 7.69. The van der Waals surface area contributed by atoms with Crippen LogP contribution < -0.4 is 10.1 Å². The highest BCUT2D eigenvalue weighted by molar-refractivity contribution is 7.17. The summed E-state index contributed by atoms with van der Waals surface area (Å²) in [5, 5.41) is 3.49. The first-order valence-corrected chi connectivity index (χ1v) is 11.4. The average Bonchev–Trinajstić information content (AvgIpc) is 3.08. The molecular formula is C24H29NO4S. The van der Waals surface area contributed by atoms with E-state index in [9.17, 15) is 9.59 Å². The fourth-order valence-corrected chi connectivity index (χ4v) is 4.88.